The molecular formula is C18H21F2N3O3S. The summed E-state index contributed by atoms with van der Waals surface area (Å²) in [6.45, 7) is 1.98. The summed E-state index contributed by atoms with van der Waals surface area (Å²) >= 11 is 0.184. The SMILES string of the molecule is COc1cccc(CN(C)C(=O)CCc2c(C)nc(SC(F)F)[nH]c2=O)c1. The molecule has 0 unspecified atom stereocenters. The van der Waals surface area contributed by atoms with E-state index in [1.165, 1.54) is 0 Å². The maximum atomic E-state index is 12.4. The third-order valence-corrected chi connectivity index (χ3v) is 4.56. The Balaban J connectivity index is 1.99. The molecule has 0 aliphatic heterocycles. The van der Waals surface area contributed by atoms with Crippen molar-refractivity contribution in [3.8, 4) is 5.75 Å². The summed E-state index contributed by atoms with van der Waals surface area (Å²) in [6, 6.07) is 7.41. The zero-order valence-electron chi connectivity index (χ0n) is 15.3. The van der Waals surface area contributed by atoms with Gasteiger partial charge in [-0.2, -0.15) is 8.78 Å². The molecule has 1 aromatic carbocycles. The van der Waals surface area contributed by atoms with Crippen molar-refractivity contribution in [1.29, 1.82) is 0 Å². The third-order valence-electron chi connectivity index (χ3n) is 3.97. The molecular weight excluding hydrogens is 376 g/mol. The van der Waals surface area contributed by atoms with Crippen LogP contribution in [0.25, 0.3) is 0 Å². The predicted octanol–water partition coefficient (Wildman–Crippen LogP) is 2.99. The highest BCUT2D eigenvalue weighted by molar-refractivity contribution is 7.99. The second-order valence-electron chi connectivity index (χ2n) is 5.91. The van der Waals surface area contributed by atoms with Crippen molar-refractivity contribution in [2.75, 3.05) is 14.2 Å². The number of amides is 1. The Morgan fingerprint density at radius 1 is 1.41 bits per heavy atom. The number of halogens is 2. The van der Waals surface area contributed by atoms with Gasteiger partial charge in [0.15, 0.2) is 5.16 Å². The average molecular weight is 397 g/mol. The minimum absolute atomic E-state index is 0.118. The number of aromatic nitrogens is 2. The quantitative estimate of drug-likeness (QED) is 0.548. The number of ether oxygens (including phenoxy) is 1. The fourth-order valence-electron chi connectivity index (χ4n) is 2.57. The van der Waals surface area contributed by atoms with E-state index in [-0.39, 0.29) is 35.7 Å². The Morgan fingerprint density at radius 3 is 2.78 bits per heavy atom. The van der Waals surface area contributed by atoms with Crippen LogP contribution in [0.15, 0.2) is 34.2 Å². The van der Waals surface area contributed by atoms with E-state index < -0.39 is 11.3 Å². The molecule has 1 N–H and O–H groups in total. The summed E-state index contributed by atoms with van der Waals surface area (Å²) < 4.78 is 30.0. The van der Waals surface area contributed by atoms with Crippen LogP contribution in [0.3, 0.4) is 0 Å². The van der Waals surface area contributed by atoms with Gasteiger partial charge in [-0.3, -0.25) is 9.59 Å². The highest BCUT2D eigenvalue weighted by Gasteiger charge is 2.15. The fraction of sp³-hybridized carbons (Fsp3) is 0.389. The van der Waals surface area contributed by atoms with Crippen LogP contribution in [0.2, 0.25) is 0 Å². The van der Waals surface area contributed by atoms with Crippen LogP contribution in [-0.2, 0) is 17.8 Å². The Bertz CT molecular complexity index is 858. The third kappa shape index (κ3) is 6.06. The van der Waals surface area contributed by atoms with Crippen molar-refractivity contribution in [2.45, 2.75) is 37.2 Å². The van der Waals surface area contributed by atoms with Crippen LogP contribution in [-0.4, -0.2) is 40.7 Å². The summed E-state index contributed by atoms with van der Waals surface area (Å²) in [5, 5.41) is -0.127. The molecule has 0 aliphatic rings. The second kappa shape index (κ2) is 9.50. The number of aryl methyl sites for hydroxylation is 1. The predicted molar refractivity (Wildman–Crippen MR) is 99.2 cm³/mol. The van der Waals surface area contributed by atoms with E-state index in [1.807, 2.05) is 24.3 Å². The van der Waals surface area contributed by atoms with E-state index >= 15 is 0 Å². The first-order valence-corrected chi connectivity index (χ1v) is 9.09. The number of nitrogens with one attached hydrogen (secondary N) is 1. The van der Waals surface area contributed by atoms with E-state index in [2.05, 4.69) is 9.97 Å². The lowest BCUT2D eigenvalue weighted by Gasteiger charge is -2.18. The van der Waals surface area contributed by atoms with Crippen molar-refractivity contribution in [3.05, 3.63) is 51.4 Å². The van der Waals surface area contributed by atoms with Gasteiger partial charge in [-0.1, -0.05) is 12.1 Å². The lowest BCUT2D eigenvalue weighted by molar-refractivity contribution is -0.130. The lowest BCUT2D eigenvalue weighted by atomic mass is 10.1. The fourth-order valence-corrected chi connectivity index (χ4v) is 3.08. The maximum absolute atomic E-state index is 12.4. The number of alkyl halides is 2. The van der Waals surface area contributed by atoms with Crippen LogP contribution in [0, 0.1) is 6.92 Å². The van der Waals surface area contributed by atoms with Crippen LogP contribution in [0.1, 0.15) is 23.2 Å². The number of hydrogen-bond acceptors (Lipinski definition) is 5. The van der Waals surface area contributed by atoms with Gasteiger partial charge < -0.3 is 14.6 Å². The molecule has 0 saturated heterocycles. The molecule has 2 aromatic rings. The molecule has 0 fully saturated rings. The smallest absolute Gasteiger partial charge is 0.291 e. The molecule has 9 heteroatoms. The lowest BCUT2D eigenvalue weighted by Crippen LogP contribution is -2.27. The van der Waals surface area contributed by atoms with Crippen LogP contribution >= 0.6 is 11.8 Å². The molecule has 0 spiro atoms. The minimum Gasteiger partial charge on any atom is -0.497 e. The van der Waals surface area contributed by atoms with Gasteiger partial charge in [-0.25, -0.2) is 4.98 Å². The maximum Gasteiger partial charge on any atom is 0.291 e. The molecule has 146 valence electrons. The van der Waals surface area contributed by atoms with Crippen molar-refractivity contribution >= 4 is 17.7 Å². The second-order valence-corrected chi connectivity index (χ2v) is 6.89. The average Bonchev–Trinajstić information content (AvgIpc) is 2.60. The zero-order chi connectivity index (χ0) is 20.0. The number of aromatic amines is 1. The number of carbonyl (C=O) groups is 1. The van der Waals surface area contributed by atoms with Gasteiger partial charge in [0.2, 0.25) is 5.91 Å². The Kier molecular flexibility index (Phi) is 7.35. The van der Waals surface area contributed by atoms with Gasteiger partial charge >= 0.3 is 0 Å². The molecule has 0 atom stereocenters. The molecule has 6 nitrogen and oxygen atoms in total. The van der Waals surface area contributed by atoms with Crippen molar-refractivity contribution < 1.29 is 18.3 Å². The summed E-state index contributed by atoms with van der Waals surface area (Å²) in [5.74, 6) is -2.09. The topological polar surface area (TPSA) is 75.3 Å². The highest BCUT2D eigenvalue weighted by atomic mass is 32.2. The van der Waals surface area contributed by atoms with Gasteiger partial charge in [0, 0.05) is 31.3 Å². The Hall–Kier alpha value is -2.42. The van der Waals surface area contributed by atoms with Crippen LogP contribution in [0.4, 0.5) is 8.78 Å². The number of rotatable bonds is 8. The first-order valence-electron chi connectivity index (χ1n) is 8.21. The first-order chi connectivity index (χ1) is 12.8. The van der Waals surface area contributed by atoms with Crippen molar-refractivity contribution in [1.82, 2.24) is 14.9 Å². The molecule has 1 heterocycles. The molecule has 1 aromatic heterocycles. The highest BCUT2D eigenvalue weighted by Crippen LogP contribution is 2.21. The number of H-pyrrole nitrogens is 1. The number of thioether (sulfide) groups is 1. The molecule has 0 saturated carbocycles. The van der Waals surface area contributed by atoms with E-state index in [4.69, 9.17) is 4.74 Å². The summed E-state index contributed by atoms with van der Waals surface area (Å²) in [4.78, 5) is 32.3. The summed E-state index contributed by atoms with van der Waals surface area (Å²) in [5.41, 5.74) is 1.12. The Labute approximate surface area is 159 Å². The number of carbonyl (C=O) groups excluding carboxylic acids is 1. The number of benzene rings is 1. The molecule has 0 bridgehead atoms. The molecule has 2 rings (SSSR count). The van der Waals surface area contributed by atoms with E-state index in [1.54, 1.807) is 26.0 Å². The largest absolute Gasteiger partial charge is 0.497 e. The van der Waals surface area contributed by atoms with Crippen molar-refractivity contribution in [2.24, 2.45) is 0 Å². The number of hydrogen-bond donors (Lipinski definition) is 1. The molecule has 1 amide bonds. The molecule has 27 heavy (non-hydrogen) atoms. The van der Waals surface area contributed by atoms with Crippen LogP contribution in [0.5, 0.6) is 5.75 Å². The van der Waals surface area contributed by atoms with Gasteiger partial charge in [0.05, 0.1) is 7.11 Å². The summed E-state index contributed by atoms with van der Waals surface area (Å²) in [6.07, 6.45) is 0.308. The standard InChI is InChI=1S/C18H21F2N3O3S/c1-11-14(16(25)22-18(21-11)27-17(19)20)7-8-15(24)23(2)10-12-5-4-6-13(9-12)26-3/h4-6,9,17H,7-8,10H2,1-3H3,(H,21,22,25). The Morgan fingerprint density at radius 2 is 2.15 bits per heavy atom. The van der Waals surface area contributed by atoms with Crippen molar-refractivity contribution in [3.63, 3.8) is 0 Å². The normalized spacial score (nSPS) is 10.9. The van der Waals surface area contributed by atoms with E-state index in [0.29, 0.717) is 23.6 Å². The number of methoxy groups -OCH3 is 1. The zero-order valence-corrected chi connectivity index (χ0v) is 16.1. The van der Waals surface area contributed by atoms with Gasteiger partial charge in [0.1, 0.15) is 5.75 Å². The monoisotopic (exact) mass is 397 g/mol. The van der Waals surface area contributed by atoms with Gasteiger partial charge in [0.25, 0.3) is 11.3 Å². The van der Waals surface area contributed by atoms with Crippen LogP contribution < -0.4 is 10.3 Å². The van der Waals surface area contributed by atoms with E-state index in [9.17, 15) is 18.4 Å². The summed E-state index contributed by atoms with van der Waals surface area (Å²) in [7, 11) is 3.26. The van der Waals surface area contributed by atoms with Gasteiger partial charge in [-0.15, -0.1) is 0 Å². The molecule has 0 aliphatic carbocycles. The first kappa shape index (κ1) is 20.9. The van der Waals surface area contributed by atoms with E-state index in [0.717, 1.165) is 5.56 Å². The number of nitrogens with zero attached hydrogens (tertiary/aromatic N) is 2. The van der Waals surface area contributed by atoms with Gasteiger partial charge in [-0.05, 0) is 42.8 Å². The minimum atomic E-state index is -2.66. The molecule has 0 radical (unpaired) electrons.